The molecule has 1 aliphatic rings. The van der Waals surface area contributed by atoms with Crippen LogP contribution in [0.3, 0.4) is 0 Å². The van der Waals surface area contributed by atoms with E-state index in [1.54, 1.807) is 6.07 Å². The van der Waals surface area contributed by atoms with Gasteiger partial charge in [-0.05, 0) is 47.9 Å². The maximum absolute atomic E-state index is 12.3. The molecule has 5 atom stereocenters. The van der Waals surface area contributed by atoms with E-state index in [9.17, 15) is 40.5 Å². The monoisotopic (exact) mass is 478 g/mol. The first kappa shape index (κ1) is 25.3. The number of esters is 1. The number of aliphatic hydroxyl groups is 3. The van der Waals surface area contributed by atoms with Gasteiger partial charge < -0.3 is 50.0 Å². The molecule has 2 aromatic carbocycles. The molecule has 0 bridgehead atoms. The lowest BCUT2D eigenvalue weighted by molar-refractivity contribution is -0.303. The van der Waals surface area contributed by atoms with E-state index in [0.29, 0.717) is 11.1 Å². The van der Waals surface area contributed by atoms with E-state index >= 15 is 0 Å². The molecule has 34 heavy (non-hydrogen) atoms. The van der Waals surface area contributed by atoms with Crippen LogP contribution in [0.1, 0.15) is 11.1 Å². The number of ether oxygens (including phenoxy) is 3. The summed E-state index contributed by atoms with van der Waals surface area (Å²) in [6.07, 6.45) is -4.52. The molecule has 11 nitrogen and oxygen atoms in total. The molecule has 0 saturated carbocycles. The normalized spacial score (nSPS) is 24.9. The van der Waals surface area contributed by atoms with E-state index < -0.39 is 43.3 Å². The largest absolute Gasteiger partial charge is 0.504 e. The van der Waals surface area contributed by atoms with Gasteiger partial charge in [0.25, 0.3) is 0 Å². The molecule has 0 spiro atoms. The molecule has 7 N–H and O–H groups in total. The highest BCUT2D eigenvalue weighted by Gasteiger charge is 2.47. The zero-order valence-corrected chi connectivity index (χ0v) is 17.9. The third-order valence-corrected chi connectivity index (χ3v) is 5.20. The molecule has 1 aliphatic heterocycles. The summed E-state index contributed by atoms with van der Waals surface area (Å²) in [5, 5.41) is 67.9. The average molecular weight is 478 g/mol. The molecule has 0 amide bonds. The summed E-state index contributed by atoms with van der Waals surface area (Å²) in [7, 11) is 0. The fraction of sp³-hybridized carbons (Fsp3) is 0.348. The lowest BCUT2D eigenvalue weighted by Crippen LogP contribution is -2.60. The van der Waals surface area contributed by atoms with Crippen LogP contribution in [0.2, 0.25) is 0 Å². The van der Waals surface area contributed by atoms with Gasteiger partial charge in [-0.3, -0.25) is 0 Å². The Labute approximate surface area is 194 Å². The molecule has 1 fully saturated rings. The van der Waals surface area contributed by atoms with Crippen LogP contribution in [0.25, 0.3) is 6.08 Å². The maximum atomic E-state index is 12.3. The number of aliphatic hydroxyl groups excluding tert-OH is 3. The second kappa shape index (κ2) is 11.2. The molecular formula is C23H26O11. The Morgan fingerprint density at radius 3 is 2.26 bits per heavy atom. The highest BCUT2D eigenvalue weighted by atomic mass is 16.7. The number of carbonyl (C=O) groups is 1. The summed E-state index contributed by atoms with van der Waals surface area (Å²) in [6.45, 7) is -0.624. The van der Waals surface area contributed by atoms with Gasteiger partial charge in [0.1, 0.15) is 18.3 Å². The van der Waals surface area contributed by atoms with Crippen molar-refractivity contribution in [3.63, 3.8) is 0 Å². The zero-order chi connectivity index (χ0) is 24.8. The van der Waals surface area contributed by atoms with Crippen LogP contribution in [0.4, 0.5) is 0 Å². The first-order valence-corrected chi connectivity index (χ1v) is 10.3. The summed E-state index contributed by atoms with van der Waals surface area (Å²) >= 11 is 0. The van der Waals surface area contributed by atoms with Crippen LogP contribution in [0.15, 0.2) is 42.5 Å². The van der Waals surface area contributed by atoms with E-state index in [0.717, 1.165) is 6.08 Å². The van der Waals surface area contributed by atoms with Crippen molar-refractivity contribution < 1.29 is 54.8 Å². The van der Waals surface area contributed by atoms with Gasteiger partial charge in [-0.25, -0.2) is 4.79 Å². The van der Waals surface area contributed by atoms with Gasteiger partial charge in [0.05, 0.1) is 13.2 Å². The van der Waals surface area contributed by atoms with E-state index in [1.807, 2.05) is 0 Å². The summed E-state index contributed by atoms with van der Waals surface area (Å²) in [5.74, 6) is -2.18. The molecule has 3 rings (SSSR count). The van der Waals surface area contributed by atoms with Crippen LogP contribution in [0.5, 0.6) is 23.0 Å². The lowest BCUT2D eigenvalue weighted by Gasteiger charge is -2.41. The molecule has 1 saturated heterocycles. The highest BCUT2D eigenvalue weighted by molar-refractivity contribution is 5.87. The molecule has 184 valence electrons. The van der Waals surface area contributed by atoms with Crippen molar-refractivity contribution in [1.82, 2.24) is 0 Å². The maximum Gasteiger partial charge on any atom is 0.331 e. The molecule has 2 aromatic rings. The van der Waals surface area contributed by atoms with Crippen molar-refractivity contribution in [1.29, 1.82) is 0 Å². The van der Waals surface area contributed by atoms with Gasteiger partial charge in [-0.15, -0.1) is 0 Å². The first-order valence-electron chi connectivity index (χ1n) is 10.3. The predicted octanol–water partition coefficient (Wildman–Crippen LogP) is 0.132. The Balaban J connectivity index is 1.66. The van der Waals surface area contributed by atoms with E-state index in [1.165, 1.54) is 36.4 Å². The molecule has 0 aromatic heterocycles. The lowest BCUT2D eigenvalue weighted by atomic mass is 9.99. The molecule has 0 radical (unpaired) electrons. The molecule has 0 aliphatic carbocycles. The predicted molar refractivity (Wildman–Crippen MR) is 116 cm³/mol. The molecule has 0 unspecified atom stereocenters. The Bertz CT molecular complexity index is 1020. The van der Waals surface area contributed by atoms with Crippen molar-refractivity contribution >= 4 is 12.0 Å². The van der Waals surface area contributed by atoms with Crippen molar-refractivity contribution in [2.45, 2.75) is 37.1 Å². The Kier molecular flexibility index (Phi) is 8.31. The van der Waals surface area contributed by atoms with E-state index in [4.69, 9.17) is 14.2 Å². The van der Waals surface area contributed by atoms with Crippen LogP contribution >= 0.6 is 0 Å². The standard InChI is InChI=1S/C23H26O11/c24-11-18-20(30)21(31)22(34-19(29)6-3-12-1-4-14(25)16(27)9-12)23(33-18)32-8-7-13-2-5-15(26)17(28)10-13/h1-6,9-10,18,20-28,30-31H,7-8,11H2/b6-3+/t18-,20-,21+,22-,23+/m1/s1. The number of rotatable bonds is 8. The second-order valence-corrected chi connectivity index (χ2v) is 7.63. The molecule has 1 heterocycles. The van der Waals surface area contributed by atoms with E-state index in [2.05, 4.69) is 0 Å². The van der Waals surface area contributed by atoms with E-state index in [-0.39, 0.29) is 36.0 Å². The van der Waals surface area contributed by atoms with Gasteiger partial charge in [-0.1, -0.05) is 12.1 Å². The fourth-order valence-electron chi connectivity index (χ4n) is 3.32. The number of carbonyl (C=O) groups excluding carboxylic acids is 1. The minimum atomic E-state index is -1.62. The highest BCUT2D eigenvalue weighted by Crippen LogP contribution is 2.28. The summed E-state index contributed by atoms with van der Waals surface area (Å²) < 4.78 is 16.3. The van der Waals surface area contributed by atoms with Crippen molar-refractivity contribution in [3.8, 4) is 23.0 Å². The Morgan fingerprint density at radius 2 is 1.62 bits per heavy atom. The quantitative estimate of drug-likeness (QED) is 0.155. The van der Waals surface area contributed by atoms with Crippen molar-refractivity contribution in [2.75, 3.05) is 13.2 Å². The summed E-state index contributed by atoms with van der Waals surface area (Å²) in [6, 6.07) is 8.13. The van der Waals surface area contributed by atoms with Gasteiger partial charge in [0, 0.05) is 6.08 Å². The summed E-state index contributed by atoms with van der Waals surface area (Å²) in [4.78, 5) is 12.3. The first-order chi connectivity index (χ1) is 16.2. The third-order valence-electron chi connectivity index (χ3n) is 5.20. The van der Waals surface area contributed by atoms with Crippen LogP contribution in [-0.4, -0.2) is 85.6 Å². The smallest absolute Gasteiger partial charge is 0.331 e. The topological polar surface area (TPSA) is 186 Å². The zero-order valence-electron chi connectivity index (χ0n) is 17.9. The number of hydrogen-bond donors (Lipinski definition) is 7. The van der Waals surface area contributed by atoms with Gasteiger partial charge in [-0.2, -0.15) is 0 Å². The number of aromatic hydroxyl groups is 4. The minimum absolute atomic E-state index is 0.00742. The van der Waals surface area contributed by atoms with Crippen LogP contribution < -0.4 is 0 Å². The van der Waals surface area contributed by atoms with Gasteiger partial charge >= 0.3 is 5.97 Å². The van der Waals surface area contributed by atoms with Gasteiger partial charge in [0.15, 0.2) is 35.4 Å². The average Bonchev–Trinajstić information content (AvgIpc) is 2.81. The summed E-state index contributed by atoms with van der Waals surface area (Å²) in [5.41, 5.74) is 1.01. The number of phenolic OH excluding ortho intramolecular Hbond substituents is 4. The minimum Gasteiger partial charge on any atom is -0.504 e. The fourth-order valence-corrected chi connectivity index (χ4v) is 3.32. The second-order valence-electron chi connectivity index (χ2n) is 7.63. The third kappa shape index (κ3) is 6.16. The molecule has 11 heteroatoms. The van der Waals surface area contributed by atoms with Crippen molar-refractivity contribution in [2.24, 2.45) is 0 Å². The van der Waals surface area contributed by atoms with Crippen LogP contribution in [0, 0.1) is 0 Å². The number of phenols is 4. The molecular weight excluding hydrogens is 452 g/mol. The Morgan fingerprint density at radius 1 is 0.941 bits per heavy atom. The number of hydrogen-bond acceptors (Lipinski definition) is 11. The Hall–Kier alpha value is -3.35. The SMILES string of the molecule is O=C(/C=C/c1ccc(O)c(O)c1)O[C@H]1[C@@H](OCCc2ccc(O)c(O)c2)O[C@H](CO)[C@@H](O)[C@@H]1O. The number of benzene rings is 2. The van der Waals surface area contributed by atoms with Crippen molar-refractivity contribution in [3.05, 3.63) is 53.6 Å². The van der Waals surface area contributed by atoms with Gasteiger partial charge in [0.2, 0.25) is 0 Å². The van der Waals surface area contributed by atoms with Crippen LogP contribution in [-0.2, 0) is 25.4 Å².